The zero-order chi connectivity index (χ0) is 21.1. The SMILES string of the molecule is COC(=O)C1=C(C)NC(=O)NC1c1c(OCc2ccccc2)ccc2ccccc12. The molecule has 3 aromatic rings. The smallest absolute Gasteiger partial charge is 0.337 e. The van der Waals surface area contributed by atoms with E-state index in [0.717, 1.165) is 21.9 Å². The van der Waals surface area contributed by atoms with E-state index in [9.17, 15) is 9.59 Å². The zero-order valence-electron chi connectivity index (χ0n) is 16.8. The second kappa shape index (κ2) is 8.29. The molecule has 1 atom stereocenters. The second-order valence-corrected chi connectivity index (χ2v) is 7.03. The number of benzene rings is 3. The molecule has 4 rings (SSSR count). The summed E-state index contributed by atoms with van der Waals surface area (Å²) in [7, 11) is 1.33. The molecule has 1 aliphatic heterocycles. The average molecular weight is 402 g/mol. The molecule has 2 amide bonds. The number of nitrogens with one attached hydrogen (secondary N) is 2. The maximum Gasteiger partial charge on any atom is 0.337 e. The summed E-state index contributed by atoms with van der Waals surface area (Å²) in [5, 5.41) is 7.40. The van der Waals surface area contributed by atoms with Crippen molar-refractivity contribution in [1.29, 1.82) is 0 Å². The van der Waals surface area contributed by atoms with Crippen LogP contribution in [0.25, 0.3) is 10.8 Å². The minimum atomic E-state index is -0.705. The summed E-state index contributed by atoms with van der Waals surface area (Å²) in [6, 6.07) is 20.4. The lowest BCUT2D eigenvalue weighted by Gasteiger charge is -2.30. The van der Waals surface area contributed by atoms with Crippen molar-refractivity contribution in [2.45, 2.75) is 19.6 Å². The number of allylic oxidation sites excluding steroid dienone is 1. The van der Waals surface area contributed by atoms with Gasteiger partial charge in [-0.05, 0) is 29.3 Å². The van der Waals surface area contributed by atoms with Crippen LogP contribution < -0.4 is 15.4 Å². The Kier molecular flexibility index (Phi) is 5.39. The third-order valence-electron chi connectivity index (χ3n) is 5.13. The molecule has 1 aliphatic rings. The van der Waals surface area contributed by atoms with Crippen LogP contribution in [0.4, 0.5) is 4.79 Å². The number of carbonyl (C=O) groups is 2. The standard InChI is InChI=1S/C24H22N2O4/c1-15-20(23(27)29-2)22(26-24(28)25-15)21-18-11-7-6-10-17(18)12-13-19(21)30-14-16-8-4-3-5-9-16/h3-13,22H,14H2,1-2H3,(H2,25,26,28). The highest BCUT2D eigenvalue weighted by atomic mass is 16.5. The van der Waals surface area contributed by atoms with Crippen LogP contribution in [0.15, 0.2) is 78.0 Å². The van der Waals surface area contributed by atoms with Gasteiger partial charge in [-0.15, -0.1) is 0 Å². The predicted molar refractivity (Wildman–Crippen MR) is 114 cm³/mol. The molecule has 1 unspecified atom stereocenters. The van der Waals surface area contributed by atoms with Gasteiger partial charge in [0.05, 0.1) is 18.7 Å². The minimum absolute atomic E-state index is 0.345. The van der Waals surface area contributed by atoms with Gasteiger partial charge in [0.15, 0.2) is 0 Å². The van der Waals surface area contributed by atoms with Crippen molar-refractivity contribution < 1.29 is 19.1 Å². The van der Waals surface area contributed by atoms with Crippen LogP contribution in [0.2, 0.25) is 0 Å². The van der Waals surface area contributed by atoms with Crippen LogP contribution in [0.3, 0.4) is 0 Å². The van der Waals surface area contributed by atoms with Crippen LogP contribution >= 0.6 is 0 Å². The van der Waals surface area contributed by atoms with Gasteiger partial charge in [0, 0.05) is 11.3 Å². The fraction of sp³-hybridized carbons (Fsp3) is 0.167. The molecule has 2 N–H and O–H groups in total. The first-order valence-electron chi connectivity index (χ1n) is 9.63. The summed E-state index contributed by atoms with van der Waals surface area (Å²) >= 11 is 0. The molecule has 1 heterocycles. The number of fused-ring (bicyclic) bond motifs is 1. The van der Waals surface area contributed by atoms with Gasteiger partial charge in [-0.2, -0.15) is 0 Å². The predicted octanol–water partition coefficient (Wildman–Crippen LogP) is 4.22. The van der Waals surface area contributed by atoms with E-state index in [1.54, 1.807) is 6.92 Å². The quantitative estimate of drug-likeness (QED) is 0.627. The highest BCUT2D eigenvalue weighted by Crippen LogP contribution is 2.39. The van der Waals surface area contributed by atoms with E-state index >= 15 is 0 Å². The molecule has 30 heavy (non-hydrogen) atoms. The van der Waals surface area contributed by atoms with Crippen molar-refractivity contribution in [3.05, 3.63) is 89.1 Å². The number of rotatable bonds is 5. The molecule has 0 saturated carbocycles. The summed E-state index contributed by atoms with van der Waals surface area (Å²) in [6.07, 6.45) is 0. The van der Waals surface area contributed by atoms with E-state index < -0.39 is 12.0 Å². The largest absolute Gasteiger partial charge is 0.489 e. The van der Waals surface area contributed by atoms with Crippen LogP contribution in [0.5, 0.6) is 5.75 Å². The Labute approximate surface area is 174 Å². The Morgan fingerprint density at radius 1 is 1.00 bits per heavy atom. The minimum Gasteiger partial charge on any atom is -0.489 e. The molecule has 0 fully saturated rings. The summed E-state index contributed by atoms with van der Waals surface area (Å²) in [5.74, 6) is 0.0888. The highest BCUT2D eigenvalue weighted by Gasteiger charge is 2.34. The molecule has 0 spiro atoms. The molecule has 6 heteroatoms. The van der Waals surface area contributed by atoms with E-state index in [1.165, 1.54) is 7.11 Å². The van der Waals surface area contributed by atoms with Gasteiger partial charge >= 0.3 is 12.0 Å². The van der Waals surface area contributed by atoms with Crippen molar-refractivity contribution >= 4 is 22.8 Å². The van der Waals surface area contributed by atoms with E-state index in [0.29, 0.717) is 23.6 Å². The molecule has 0 bridgehead atoms. The molecular formula is C24H22N2O4. The van der Waals surface area contributed by atoms with Crippen LogP contribution in [-0.4, -0.2) is 19.1 Å². The normalized spacial score (nSPS) is 16.1. The highest BCUT2D eigenvalue weighted by molar-refractivity contribution is 5.98. The molecular weight excluding hydrogens is 380 g/mol. The van der Waals surface area contributed by atoms with Gasteiger partial charge in [0.1, 0.15) is 12.4 Å². The van der Waals surface area contributed by atoms with Gasteiger partial charge in [-0.3, -0.25) is 0 Å². The lowest BCUT2D eigenvalue weighted by molar-refractivity contribution is -0.136. The van der Waals surface area contributed by atoms with Gasteiger partial charge < -0.3 is 20.1 Å². The third kappa shape index (κ3) is 3.72. The number of amides is 2. The first-order chi connectivity index (χ1) is 14.6. The lowest BCUT2D eigenvalue weighted by Crippen LogP contribution is -2.45. The molecule has 0 aliphatic carbocycles. The first-order valence-corrected chi connectivity index (χ1v) is 9.63. The van der Waals surface area contributed by atoms with E-state index in [4.69, 9.17) is 9.47 Å². The lowest BCUT2D eigenvalue weighted by atomic mass is 9.90. The van der Waals surface area contributed by atoms with E-state index in [-0.39, 0.29) is 6.03 Å². The van der Waals surface area contributed by atoms with Gasteiger partial charge in [-0.25, -0.2) is 9.59 Å². The van der Waals surface area contributed by atoms with Crippen molar-refractivity contribution in [3.63, 3.8) is 0 Å². The second-order valence-electron chi connectivity index (χ2n) is 7.03. The van der Waals surface area contributed by atoms with Gasteiger partial charge in [0.25, 0.3) is 0 Å². The Morgan fingerprint density at radius 3 is 2.50 bits per heavy atom. The van der Waals surface area contributed by atoms with Gasteiger partial charge in [0.2, 0.25) is 0 Å². The Morgan fingerprint density at radius 2 is 1.73 bits per heavy atom. The summed E-state index contributed by atoms with van der Waals surface area (Å²) in [6.45, 7) is 2.05. The Balaban J connectivity index is 1.85. The van der Waals surface area contributed by atoms with Crippen molar-refractivity contribution in [2.75, 3.05) is 7.11 Å². The molecule has 6 nitrogen and oxygen atoms in total. The first kappa shape index (κ1) is 19.5. The van der Waals surface area contributed by atoms with Crippen molar-refractivity contribution in [2.24, 2.45) is 0 Å². The topological polar surface area (TPSA) is 76.7 Å². The maximum atomic E-state index is 12.6. The van der Waals surface area contributed by atoms with Crippen LogP contribution in [-0.2, 0) is 16.1 Å². The average Bonchev–Trinajstić information content (AvgIpc) is 2.77. The van der Waals surface area contributed by atoms with E-state index in [2.05, 4.69) is 10.6 Å². The monoisotopic (exact) mass is 402 g/mol. The molecule has 0 saturated heterocycles. The number of methoxy groups -OCH3 is 1. The Hall–Kier alpha value is -3.80. The number of ether oxygens (including phenoxy) is 2. The maximum absolute atomic E-state index is 12.6. The number of urea groups is 1. The zero-order valence-corrected chi connectivity index (χ0v) is 16.8. The molecule has 3 aromatic carbocycles. The summed E-state index contributed by atoms with van der Waals surface area (Å²) in [4.78, 5) is 24.9. The fourth-order valence-electron chi connectivity index (χ4n) is 3.73. The van der Waals surface area contributed by atoms with Crippen molar-refractivity contribution in [1.82, 2.24) is 10.6 Å². The van der Waals surface area contributed by atoms with Crippen LogP contribution in [0.1, 0.15) is 24.1 Å². The molecule has 152 valence electrons. The molecule has 0 aromatic heterocycles. The number of hydrogen-bond donors (Lipinski definition) is 2. The Bertz CT molecular complexity index is 1140. The van der Waals surface area contributed by atoms with E-state index in [1.807, 2.05) is 66.7 Å². The van der Waals surface area contributed by atoms with Crippen molar-refractivity contribution in [3.8, 4) is 5.75 Å². The van der Waals surface area contributed by atoms with Crippen LogP contribution in [0, 0.1) is 0 Å². The fourth-order valence-corrected chi connectivity index (χ4v) is 3.73. The summed E-state index contributed by atoms with van der Waals surface area (Å²) < 4.78 is 11.2. The number of hydrogen-bond acceptors (Lipinski definition) is 4. The summed E-state index contributed by atoms with van der Waals surface area (Å²) in [5.41, 5.74) is 2.54. The third-order valence-corrected chi connectivity index (χ3v) is 5.13. The number of esters is 1. The molecule has 0 radical (unpaired) electrons. The van der Waals surface area contributed by atoms with Gasteiger partial charge in [-0.1, -0.05) is 60.7 Å². The number of carbonyl (C=O) groups excluding carboxylic acids is 2.